The summed E-state index contributed by atoms with van der Waals surface area (Å²) >= 11 is 0. The Hall–Kier alpha value is -0.650. The SMILES string of the molecule is CC1CNCC1C(=O)N1CCN(CCN(C)C)CC1. The minimum Gasteiger partial charge on any atom is -0.340 e. The molecule has 0 aromatic carbocycles. The molecular formula is C14H28N4O. The number of piperazine rings is 1. The van der Waals surface area contributed by atoms with Gasteiger partial charge in [0.15, 0.2) is 0 Å². The first-order valence-corrected chi connectivity index (χ1v) is 7.44. The molecule has 19 heavy (non-hydrogen) atoms. The Bertz CT molecular complexity index is 300. The lowest BCUT2D eigenvalue weighted by Gasteiger charge is -2.36. The number of nitrogens with zero attached hydrogens (tertiary/aromatic N) is 3. The van der Waals surface area contributed by atoms with Gasteiger partial charge in [0.25, 0.3) is 0 Å². The van der Waals surface area contributed by atoms with Crippen molar-refractivity contribution < 1.29 is 4.79 Å². The van der Waals surface area contributed by atoms with Gasteiger partial charge in [-0.3, -0.25) is 9.69 Å². The molecule has 0 saturated carbocycles. The molecule has 2 rings (SSSR count). The van der Waals surface area contributed by atoms with E-state index in [2.05, 4.69) is 41.0 Å². The lowest BCUT2D eigenvalue weighted by atomic mass is 9.96. The van der Waals surface area contributed by atoms with Crippen molar-refractivity contribution >= 4 is 5.91 Å². The van der Waals surface area contributed by atoms with Gasteiger partial charge in [-0.05, 0) is 26.6 Å². The molecule has 2 atom stereocenters. The molecule has 0 aromatic rings. The number of amides is 1. The molecule has 2 fully saturated rings. The second kappa shape index (κ2) is 6.68. The Morgan fingerprint density at radius 3 is 2.42 bits per heavy atom. The third-order valence-electron chi connectivity index (χ3n) is 4.38. The molecule has 110 valence electrons. The normalized spacial score (nSPS) is 29.2. The average Bonchev–Trinajstić information content (AvgIpc) is 2.82. The number of hydrogen-bond donors (Lipinski definition) is 1. The second-order valence-corrected chi connectivity index (χ2v) is 6.21. The highest BCUT2D eigenvalue weighted by molar-refractivity contribution is 5.79. The number of carbonyl (C=O) groups excluding carboxylic acids is 1. The van der Waals surface area contributed by atoms with Crippen LogP contribution in [-0.2, 0) is 4.79 Å². The number of carbonyl (C=O) groups is 1. The van der Waals surface area contributed by atoms with Crippen molar-refractivity contribution in [2.75, 3.05) is 66.5 Å². The van der Waals surface area contributed by atoms with E-state index in [0.29, 0.717) is 11.8 Å². The van der Waals surface area contributed by atoms with Gasteiger partial charge in [0.05, 0.1) is 5.92 Å². The minimum atomic E-state index is 0.202. The number of rotatable bonds is 4. The summed E-state index contributed by atoms with van der Waals surface area (Å²) in [6, 6.07) is 0. The van der Waals surface area contributed by atoms with Crippen molar-refractivity contribution in [2.45, 2.75) is 6.92 Å². The molecule has 0 aromatic heterocycles. The maximum Gasteiger partial charge on any atom is 0.227 e. The largest absolute Gasteiger partial charge is 0.340 e. The van der Waals surface area contributed by atoms with Crippen LogP contribution in [0.5, 0.6) is 0 Å². The van der Waals surface area contributed by atoms with E-state index in [1.807, 2.05) is 0 Å². The van der Waals surface area contributed by atoms with E-state index < -0.39 is 0 Å². The zero-order chi connectivity index (χ0) is 13.8. The third-order valence-corrected chi connectivity index (χ3v) is 4.38. The van der Waals surface area contributed by atoms with Gasteiger partial charge < -0.3 is 15.1 Å². The molecule has 1 N–H and O–H groups in total. The fourth-order valence-electron chi connectivity index (χ4n) is 2.91. The summed E-state index contributed by atoms with van der Waals surface area (Å²) in [5, 5.41) is 3.32. The molecule has 0 aliphatic carbocycles. The number of hydrogen-bond acceptors (Lipinski definition) is 4. The Labute approximate surface area is 116 Å². The predicted molar refractivity (Wildman–Crippen MR) is 77.1 cm³/mol. The standard InChI is InChI=1S/C14H28N4O/c1-12-10-15-11-13(12)14(19)18-8-6-17(7-9-18)5-4-16(2)3/h12-13,15H,4-11H2,1-3H3. The first kappa shape index (κ1) is 14.8. The van der Waals surface area contributed by atoms with E-state index >= 15 is 0 Å². The molecule has 2 aliphatic heterocycles. The van der Waals surface area contributed by atoms with Gasteiger partial charge in [-0.15, -0.1) is 0 Å². The topological polar surface area (TPSA) is 38.8 Å². The fourth-order valence-corrected chi connectivity index (χ4v) is 2.91. The second-order valence-electron chi connectivity index (χ2n) is 6.21. The maximum absolute atomic E-state index is 12.4. The van der Waals surface area contributed by atoms with E-state index in [-0.39, 0.29) is 5.92 Å². The highest BCUT2D eigenvalue weighted by atomic mass is 16.2. The molecule has 5 nitrogen and oxygen atoms in total. The molecule has 5 heteroatoms. The summed E-state index contributed by atoms with van der Waals surface area (Å²) in [5.41, 5.74) is 0. The van der Waals surface area contributed by atoms with Gasteiger partial charge in [-0.2, -0.15) is 0 Å². The van der Waals surface area contributed by atoms with Crippen LogP contribution in [0.2, 0.25) is 0 Å². The number of likely N-dealkylation sites (N-methyl/N-ethyl adjacent to an activating group) is 1. The number of nitrogens with one attached hydrogen (secondary N) is 1. The van der Waals surface area contributed by atoms with Crippen LogP contribution >= 0.6 is 0 Å². The highest BCUT2D eigenvalue weighted by Gasteiger charge is 2.33. The van der Waals surface area contributed by atoms with Crippen molar-refractivity contribution in [3.8, 4) is 0 Å². The fraction of sp³-hybridized carbons (Fsp3) is 0.929. The molecule has 0 spiro atoms. The Morgan fingerprint density at radius 1 is 1.21 bits per heavy atom. The van der Waals surface area contributed by atoms with Crippen molar-refractivity contribution in [2.24, 2.45) is 11.8 Å². The Balaban J connectivity index is 1.75. The van der Waals surface area contributed by atoms with Gasteiger partial charge >= 0.3 is 0 Å². The Kier molecular flexibility index (Phi) is 5.19. The molecule has 0 bridgehead atoms. The quantitative estimate of drug-likeness (QED) is 0.749. The molecule has 2 saturated heterocycles. The summed E-state index contributed by atoms with van der Waals surface area (Å²) < 4.78 is 0. The van der Waals surface area contributed by atoms with Crippen LogP contribution in [0.3, 0.4) is 0 Å². The monoisotopic (exact) mass is 268 g/mol. The van der Waals surface area contributed by atoms with Crippen molar-refractivity contribution in [3.05, 3.63) is 0 Å². The van der Waals surface area contributed by atoms with E-state index in [9.17, 15) is 4.79 Å². The van der Waals surface area contributed by atoms with Crippen LogP contribution in [0, 0.1) is 11.8 Å². The van der Waals surface area contributed by atoms with Crippen LogP contribution < -0.4 is 5.32 Å². The van der Waals surface area contributed by atoms with E-state index in [1.165, 1.54) is 0 Å². The zero-order valence-electron chi connectivity index (χ0n) is 12.6. The van der Waals surface area contributed by atoms with Crippen LogP contribution in [0.1, 0.15) is 6.92 Å². The molecular weight excluding hydrogens is 240 g/mol. The minimum absolute atomic E-state index is 0.202. The van der Waals surface area contributed by atoms with Crippen LogP contribution in [-0.4, -0.2) is 87.1 Å². The summed E-state index contributed by atoms with van der Waals surface area (Å²) in [7, 11) is 4.21. The van der Waals surface area contributed by atoms with Crippen molar-refractivity contribution in [1.82, 2.24) is 20.0 Å². The van der Waals surface area contributed by atoms with Crippen LogP contribution in [0.4, 0.5) is 0 Å². The highest BCUT2D eigenvalue weighted by Crippen LogP contribution is 2.19. The lowest BCUT2D eigenvalue weighted by molar-refractivity contribution is -0.137. The molecule has 2 heterocycles. The van der Waals surface area contributed by atoms with Gasteiger partial charge in [-0.1, -0.05) is 6.92 Å². The molecule has 2 unspecified atom stereocenters. The summed E-state index contributed by atoms with van der Waals surface area (Å²) in [5.74, 6) is 1.05. The van der Waals surface area contributed by atoms with E-state index in [1.54, 1.807) is 0 Å². The lowest BCUT2D eigenvalue weighted by Crippen LogP contribution is -2.52. The predicted octanol–water partition coefficient (Wildman–Crippen LogP) is -0.452. The smallest absolute Gasteiger partial charge is 0.227 e. The van der Waals surface area contributed by atoms with Gasteiger partial charge in [0, 0.05) is 45.8 Å². The molecule has 1 amide bonds. The van der Waals surface area contributed by atoms with Crippen LogP contribution in [0.25, 0.3) is 0 Å². The molecule has 0 radical (unpaired) electrons. The Morgan fingerprint density at radius 2 is 1.89 bits per heavy atom. The van der Waals surface area contributed by atoms with Gasteiger partial charge in [0.1, 0.15) is 0 Å². The third kappa shape index (κ3) is 3.91. The van der Waals surface area contributed by atoms with E-state index in [0.717, 1.165) is 52.4 Å². The maximum atomic E-state index is 12.4. The molecule has 2 aliphatic rings. The summed E-state index contributed by atoms with van der Waals surface area (Å²) in [4.78, 5) is 19.2. The average molecular weight is 268 g/mol. The van der Waals surface area contributed by atoms with Crippen molar-refractivity contribution in [3.63, 3.8) is 0 Å². The van der Waals surface area contributed by atoms with Crippen LogP contribution in [0.15, 0.2) is 0 Å². The van der Waals surface area contributed by atoms with Gasteiger partial charge in [0.2, 0.25) is 5.91 Å². The first-order valence-electron chi connectivity index (χ1n) is 7.44. The van der Waals surface area contributed by atoms with Gasteiger partial charge in [-0.25, -0.2) is 0 Å². The first-order chi connectivity index (χ1) is 9.08. The van der Waals surface area contributed by atoms with E-state index in [4.69, 9.17) is 0 Å². The zero-order valence-corrected chi connectivity index (χ0v) is 12.6. The van der Waals surface area contributed by atoms with Crippen molar-refractivity contribution in [1.29, 1.82) is 0 Å². The summed E-state index contributed by atoms with van der Waals surface area (Å²) in [6.07, 6.45) is 0. The summed E-state index contributed by atoms with van der Waals surface area (Å²) in [6.45, 7) is 10.1.